The monoisotopic (exact) mass is 304 g/mol. The third-order valence-corrected chi connectivity index (χ3v) is 5.46. The first kappa shape index (κ1) is 14.5. The van der Waals surface area contributed by atoms with Crippen LogP contribution in [0.4, 0.5) is 0 Å². The van der Waals surface area contributed by atoms with Crippen molar-refractivity contribution in [2.45, 2.75) is 45.4 Å². The van der Waals surface area contributed by atoms with Crippen LogP contribution in [0.1, 0.15) is 56.7 Å². The van der Waals surface area contributed by atoms with Crippen molar-refractivity contribution in [1.29, 1.82) is 0 Å². The molecule has 1 aliphatic rings. The predicted molar refractivity (Wildman–Crippen MR) is 96.8 cm³/mol. The van der Waals surface area contributed by atoms with Crippen LogP contribution >= 0.6 is 0 Å². The van der Waals surface area contributed by atoms with E-state index < -0.39 is 0 Å². The molecule has 2 aromatic carbocycles. The van der Waals surface area contributed by atoms with Crippen molar-refractivity contribution in [2.24, 2.45) is 5.92 Å². The summed E-state index contributed by atoms with van der Waals surface area (Å²) >= 11 is 0. The van der Waals surface area contributed by atoms with Gasteiger partial charge in [-0.15, -0.1) is 0 Å². The van der Waals surface area contributed by atoms with Gasteiger partial charge in [-0.1, -0.05) is 63.2 Å². The van der Waals surface area contributed by atoms with Crippen molar-refractivity contribution < 1.29 is 0 Å². The lowest BCUT2D eigenvalue weighted by atomic mass is 9.75. The average Bonchev–Trinajstić information content (AvgIpc) is 3.00. The van der Waals surface area contributed by atoms with Crippen LogP contribution in [0, 0.1) is 5.92 Å². The fourth-order valence-corrected chi connectivity index (χ4v) is 4.17. The molecule has 3 aromatic rings. The molecule has 1 heterocycles. The lowest BCUT2D eigenvalue weighted by Crippen LogP contribution is -2.16. The van der Waals surface area contributed by atoms with E-state index in [1.54, 1.807) is 0 Å². The first-order valence-electron chi connectivity index (χ1n) is 8.73. The van der Waals surface area contributed by atoms with Crippen LogP contribution in [0.2, 0.25) is 0 Å². The minimum absolute atomic E-state index is 0.577. The van der Waals surface area contributed by atoms with Gasteiger partial charge in [0.15, 0.2) is 0 Å². The number of rotatable bonds is 2. The van der Waals surface area contributed by atoms with Gasteiger partial charge in [-0.3, -0.25) is 5.10 Å². The molecule has 0 spiro atoms. The number of aromatic amines is 1. The minimum Gasteiger partial charge on any atom is -0.281 e. The van der Waals surface area contributed by atoms with Gasteiger partial charge < -0.3 is 0 Å². The molecule has 0 saturated carbocycles. The summed E-state index contributed by atoms with van der Waals surface area (Å²) in [6.45, 7) is 6.99. The lowest BCUT2D eigenvalue weighted by molar-refractivity contribution is 0.403. The summed E-state index contributed by atoms with van der Waals surface area (Å²) < 4.78 is 0. The first-order valence-corrected chi connectivity index (χ1v) is 8.73. The number of nitrogens with zero attached hydrogens (tertiary/aromatic N) is 1. The third kappa shape index (κ3) is 2.28. The zero-order valence-electron chi connectivity index (χ0n) is 14.1. The van der Waals surface area contributed by atoms with Crippen LogP contribution in [-0.2, 0) is 0 Å². The van der Waals surface area contributed by atoms with Crippen LogP contribution in [-0.4, -0.2) is 10.2 Å². The van der Waals surface area contributed by atoms with Crippen molar-refractivity contribution in [3.8, 4) is 11.3 Å². The summed E-state index contributed by atoms with van der Waals surface area (Å²) in [5.74, 6) is 1.84. The Balaban J connectivity index is 1.94. The van der Waals surface area contributed by atoms with Crippen LogP contribution in [0.25, 0.3) is 22.0 Å². The zero-order valence-corrected chi connectivity index (χ0v) is 14.1. The zero-order chi connectivity index (χ0) is 16.0. The topological polar surface area (TPSA) is 28.7 Å². The molecule has 118 valence electrons. The average molecular weight is 304 g/mol. The lowest BCUT2D eigenvalue weighted by Gasteiger charge is -2.29. The van der Waals surface area contributed by atoms with Gasteiger partial charge in [-0.2, -0.15) is 5.10 Å². The molecule has 0 amide bonds. The Morgan fingerprint density at radius 2 is 1.83 bits per heavy atom. The van der Waals surface area contributed by atoms with Crippen molar-refractivity contribution >= 4 is 10.8 Å². The standard InChI is InChI=1S/C21H24N2/c1-13(2)16-12-11-14(3)19-20(16)22-23-21(19)18-10-6-8-15-7-4-5-9-17(15)18/h4-10,13-14,16H,11-12H2,1-3H3,(H,22,23)/t14-,16-/m0/s1. The molecule has 0 aliphatic heterocycles. The quantitative estimate of drug-likeness (QED) is 0.630. The second-order valence-corrected chi connectivity index (χ2v) is 7.26. The molecule has 2 heteroatoms. The summed E-state index contributed by atoms with van der Waals surface area (Å²) in [4.78, 5) is 0. The molecule has 0 unspecified atom stereocenters. The Hall–Kier alpha value is -2.09. The van der Waals surface area contributed by atoms with Gasteiger partial charge in [0.1, 0.15) is 0 Å². The van der Waals surface area contributed by atoms with Crippen LogP contribution in [0.3, 0.4) is 0 Å². The number of hydrogen-bond donors (Lipinski definition) is 1. The minimum atomic E-state index is 0.577. The van der Waals surface area contributed by atoms with Gasteiger partial charge in [0.25, 0.3) is 0 Å². The first-order chi connectivity index (χ1) is 11.2. The molecule has 0 bridgehead atoms. The summed E-state index contributed by atoms with van der Waals surface area (Å²) in [7, 11) is 0. The molecule has 0 fully saturated rings. The van der Waals surface area contributed by atoms with E-state index in [0.717, 1.165) is 5.69 Å². The molecule has 1 N–H and O–H groups in total. The number of nitrogens with one attached hydrogen (secondary N) is 1. The predicted octanol–water partition coefficient (Wildman–Crippen LogP) is 5.87. The highest BCUT2D eigenvalue weighted by Gasteiger charge is 2.32. The number of benzene rings is 2. The maximum Gasteiger partial charge on any atom is 0.0964 e. The van der Waals surface area contributed by atoms with Gasteiger partial charge in [-0.25, -0.2) is 0 Å². The van der Waals surface area contributed by atoms with Gasteiger partial charge in [0.05, 0.1) is 5.69 Å². The maximum atomic E-state index is 4.78. The Bertz CT molecular complexity index is 839. The summed E-state index contributed by atoms with van der Waals surface area (Å²) in [6.07, 6.45) is 2.52. The highest BCUT2D eigenvalue weighted by molar-refractivity contribution is 5.96. The van der Waals surface area contributed by atoms with E-state index in [2.05, 4.69) is 68.3 Å². The summed E-state index contributed by atoms with van der Waals surface area (Å²) in [5, 5.41) is 10.8. The number of H-pyrrole nitrogens is 1. The molecule has 1 aliphatic carbocycles. The number of hydrogen-bond acceptors (Lipinski definition) is 1. The normalized spacial score (nSPS) is 20.9. The van der Waals surface area contributed by atoms with Crippen molar-refractivity contribution in [3.63, 3.8) is 0 Å². The van der Waals surface area contributed by atoms with Crippen molar-refractivity contribution in [2.75, 3.05) is 0 Å². The Kier molecular flexibility index (Phi) is 3.48. The fourth-order valence-electron chi connectivity index (χ4n) is 4.17. The van der Waals surface area contributed by atoms with Gasteiger partial charge in [0, 0.05) is 22.7 Å². The Morgan fingerprint density at radius 3 is 2.65 bits per heavy atom. The molecule has 2 nitrogen and oxygen atoms in total. The Labute approximate surface area is 137 Å². The molecule has 0 saturated heterocycles. The SMILES string of the molecule is CC(C)[C@@H]1CC[C@H](C)c2c(-c3cccc4ccccc34)n[nH]c21. The summed E-state index contributed by atoms with van der Waals surface area (Å²) in [5.41, 5.74) is 5.25. The molecule has 0 radical (unpaired) electrons. The maximum absolute atomic E-state index is 4.78. The second kappa shape index (κ2) is 5.52. The summed E-state index contributed by atoms with van der Waals surface area (Å²) in [6, 6.07) is 15.1. The number of aromatic nitrogens is 2. The molecule has 23 heavy (non-hydrogen) atoms. The van der Waals surface area contributed by atoms with Gasteiger partial charge >= 0.3 is 0 Å². The van der Waals surface area contributed by atoms with E-state index in [-0.39, 0.29) is 0 Å². The van der Waals surface area contributed by atoms with Gasteiger partial charge in [0.2, 0.25) is 0 Å². The van der Waals surface area contributed by atoms with Crippen molar-refractivity contribution in [1.82, 2.24) is 10.2 Å². The van der Waals surface area contributed by atoms with Crippen LogP contribution in [0.5, 0.6) is 0 Å². The van der Waals surface area contributed by atoms with Crippen molar-refractivity contribution in [3.05, 3.63) is 53.7 Å². The molecular formula is C21H24N2. The van der Waals surface area contributed by atoms with E-state index >= 15 is 0 Å². The second-order valence-electron chi connectivity index (χ2n) is 7.26. The molecule has 1 aromatic heterocycles. The fraction of sp³-hybridized carbons (Fsp3) is 0.381. The third-order valence-electron chi connectivity index (χ3n) is 5.46. The van der Waals surface area contributed by atoms with E-state index in [0.29, 0.717) is 17.8 Å². The molecule has 4 rings (SSSR count). The van der Waals surface area contributed by atoms with E-state index in [1.165, 1.54) is 40.4 Å². The molecule has 2 atom stereocenters. The smallest absolute Gasteiger partial charge is 0.0964 e. The molecular weight excluding hydrogens is 280 g/mol. The highest BCUT2D eigenvalue weighted by Crippen LogP contribution is 2.45. The Morgan fingerprint density at radius 1 is 1.04 bits per heavy atom. The largest absolute Gasteiger partial charge is 0.281 e. The van der Waals surface area contributed by atoms with Gasteiger partial charge in [-0.05, 0) is 35.4 Å². The van der Waals surface area contributed by atoms with E-state index in [4.69, 9.17) is 5.10 Å². The highest BCUT2D eigenvalue weighted by atomic mass is 15.1. The van der Waals surface area contributed by atoms with E-state index in [1.807, 2.05) is 0 Å². The van der Waals surface area contributed by atoms with Crippen LogP contribution in [0.15, 0.2) is 42.5 Å². The van der Waals surface area contributed by atoms with Crippen LogP contribution < -0.4 is 0 Å². The van der Waals surface area contributed by atoms with E-state index in [9.17, 15) is 0 Å². The number of fused-ring (bicyclic) bond motifs is 2.